The Bertz CT molecular complexity index is 1510. The number of hydrogen-bond acceptors (Lipinski definition) is 7. The van der Waals surface area contributed by atoms with Crippen LogP contribution in [-0.2, 0) is 24.5 Å². The average molecular weight is 579 g/mol. The van der Waals surface area contributed by atoms with Crippen LogP contribution >= 0.6 is 0 Å². The van der Waals surface area contributed by atoms with Crippen molar-refractivity contribution in [1.29, 1.82) is 0 Å². The van der Waals surface area contributed by atoms with Crippen LogP contribution in [0, 0.1) is 0 Å². The number of ketones is 1. The Morgan fingerprint density at radius 3 is 1.18 bits per heavy atom. The number of carbonyl (C=O) groups is 1. The lowest BCUT2D eigenvalue weighted by Gasteiger charge is -2.21. The minimum absolute atomic E-state index is 0.0761. The van der Waals surface area contributed by atoms with E-state index in [1.807, 2.05) is 0 Å². The van der Waals surface area contributed by atoms with Crippen LogP contribution in [0.2, 0.25) is 0 Å². The molecule has 40 heavy (non-hydrogen) atoms. The maximum Gasteiger partial charge on any atom is 0.185 e. The van der Waals surface area contributed by atoms with Gasteiger partial charge in [0.25, 0.3) is 0 Å². The van der Waals surface area contributed by atoms with Crippen LogP contribution in [0.15, 0.2) is 119 Å². The topological polar surface area (TPSA) is 104 Å². The summed E-state index contributed by atoms with van der Waals surface area (Å²) in [6, 6.07) is 28.8. The first-order valence-electron chi connectivity index (χ1n) is 12.5. The molecule has 0 aliphatic heterocycles. The van der Waals surface area contributed by atoms with Crippen molar-refractivity contribution in [3.05, 3.63) is 120 Å². The predicted octanol–water partition coefficient (Wildman–Crippen LogP) is 5.78. The summed E-state index contributed by atoms with van der Waals surface area (Å²) < 4.78 is 65.4. The van der Waals surface area contributed by atoms with Gasteiger partial charge in [0, 0.05) is 12.8 Å². The lowest BCUT2D eigenvalue weighted by Crippen LogP contribution is -2.22. The molecule has 2 unspecified atom stereocenters. The first-order chi connectivity index (χ1) is 19.2. The number of rotatable bonds is 12. The summed E-state index contributed by atoms with van der Waals surface area (Å²) in [5, 5.41) is -2.44. The van der Waals surface area contributed by atoms with Crippen LogP contribution in [-0.4, -0.2) is 36.8 Å². The van der Waals surface area contributed by atoms with E-state index in [1.54, 1.807) is 84.9 Å². The van der Waals surface area contributed by atoms with Gasteiger partial charge >= 0.3 is 0 Å². The average Bonchev–Trinajstić information content (AvgIpc) is 2.99. The van der Waals surface area contributed by atoms with Gasteiger partial charge in [-0.15, -0.1) is 0 Å². The van der Waals surface area contributed by atoms with E-state index in [2.05, 4.69) is 0 Å². The minimum Gasteiger partial charge on any atom is -0.497 e. The van der Waals surface area contributed by atoms with Gasteiger partial charge in [0.15, 0.2) is 19.7 Å². The number of sulfone groups is 2. The van der Waals surface area contributed by atoms with Gasteiger partial charge in [0.05, 0.1) is 34.5 Å². The fourth-order valence-electron chi connectivity index (χ4n) is 4.50. The lowest BCUT2D eigenvalue weighted by atomic mass is 10.0. The zero-order valence-electron chi connectivity index (χ0n) is 22.1. The van der Waals surface area contributed by atoms with Crippen LogP contribution in [0.1, 0.15) is 34.5 Å². The molecule has 0 aliphatic rings. The number of hydrogen-bond donors (Lipinski definition) is 0. The van der Waals surface area contributed by atoms with E-state index in [0.717, 1.165) is 0 Å². The Balaban J connectivity index is 1.72. The molecule has 4 aromatic carbocycles. The van der Waals surface area contributed by atoms with E-state index in [-0.39, 0.29) is 9.79 Å². The van der Waals surface area contributed by atoms with Crippen molar-refractivity contribution in [2.75, 3.05) is 14.2 Å². The molecule has 4 rings (SSSR count). The third kappa shape index (κ3) is 6.43. The Labute approximate surface area is 235 Å². The first-order valence-corrected chi connectivity index (χ1v) is 15.6. The number of methoxy groups -OCH3 is 2. The molecule has 0 heterocycles. The van der Waals surface area contributed by atoms with E-state index in [9.17, 15) is 21.6 Å². The van der Waals surface area contributed by atoms with Crippen molar-refractivity contribution in [1.82, 2.24) is 0 Å². The lowest BCUT2D eigenvalue weighted by molar-refractivity contribution is -0.119. The molecule has 0 bridgehead atoms. The zero-order valence-corrected chi connectivity index (χ0v) is 23.8. The van der Waals surface area contributed by atoms with Gasteiger partial charge < -0.3 is 9.47 Å². The fraction of sp³-hybridized carbons (Fsp3) is 0.194. The van der Waals surface area contributed by atoms with E-state index in [1.165, 1.54) is 38.5 Å². The van der Waals surface area contributed by atoms with Crippen molar-refractivity contribution >= 4 is 25.5 Å². The zero-order chi connectivity index (χ0) is 28.8. The minimum atomic E-state index is -3.99. The summed E-state index contributed by atoms with van der Waals surface area (Å²) in [5.74, 6) is 0.583. The Morgan fingerprint density at radius 2 is 0.875 bits per heavy atom. The summed E-state index contributed by atoms with van der Waals surface area (Å²) in [7, 11) is -4.98. The summed E-state index contributed by atoms with van der Waals surface area (Å²) in [4.78, 5) is 13.8. The molecule has 0 aliphatic carbocycles. The van der Waals surface area contributed by atoms with Crippen LogP contribution in [0.3, 0.4) is 0 Å². The molecule has 0 fully saturated rings. The molecule has 0 aromatic heterocycles. The van der Waals surface area contributed by atoms with Gasteiger partial charge in [-0.1, -0.05) is 60.7 Å². The van der Waals surface area contributed by atoms with Crippen LogP contribution in [0.5, 0.6) is 11.5 Å². The Kier molecular flexibility index (Phi) is 9.07. The predicted molar refractivity (Wildman–Crippen MR) is 153 cm³/mol. The number of benzene rings is 4. The van der Waals surface area contributed by atoms with Crippen LogP contribution < -0.4 is 9.47 Å². The third-order valence-electron chi connectivity index (χ3n) is 6.69. The summed E-state index contributed by atoms with van der Waals surface area (Å²) >= 11 is 0. The molecule has 208 valence electrons. The van der Waals surface area contributed by atoms with Gasteiger partial charge in [-0.3, -0.25) is 4.79 Å². The fourth-order valence-corrected chi connectivity index (χ4v) is 8.07. The smallest absolute Gasteiger partial charge is 0.185 e. The van der Waals surface area contributed by atoms with Crippen molar-refractivity contribution < 1.29 is 31.1 Å². The van der Waals surface area contributed by atoms with E-state index < -0.39 is 48.8 Å². The largest absolute Gasteiger partial charge is 0.497 e. The highest BCUT2D eigenvalue weighted by Crippen LogP contribution is 2.37. The molecule has 0 saturated carbocycles. The molecular formula is C31H30O7S2. The molecule has 0 amide bonds. The highest BCUT2D eigenvalue weighted by atomic mass is 32.2. The number of carbonyl (C=O) groups excluding carboxylic acids is 1. The normalized spacial score (nSPS) is 13.2. The maximum absolute atomic E-state index is 13.8. The second-order valence-electron chi connectivity index (χ2n) is 9.19. The van der Waals surface area contributed by atoms with Crippen LogP contribution in [0.25, 0.3) is 0 Å². The molecule has 0 N–H and O–H groups in total. The molecule has 4 aromatic rings. The molecular weight excluding hydrogens is 548 g/mol. The van der Waals surface area contributed by atoms with Gasteiger partial charge in [-0.25, -0.2) is 16.8 Å². The highest BCUT2D eigenvalue weighted by Gasteiger charge is 2.35. The summed E-state index contributed by atoms with van der Waals surface area (Å²) in [6.07, 6.45) is -0.805. The number of Topliss-reactive ketones (excluding diaryl/α,β-unsaturated/α-hetero) is 1. The van der Waals surface area contributed by atoms with Gasteiger partial charge in [-0.05, 0) is 59.7 Å². The summed E-state index contributed by atoms with van der Waals surface area (Å²) in [6.45, 7) is 0. The standard InChI is InChI=1S/C31H30O7S2/c1-37-26-17-13-23(14-18-26)30(39(33,34)28-9-5-3-6-10-28)21-25(32)22-31(24-15-19-27(38-2)20-16-24)40(35,36)29-11-7-4-8-12-29/h3-20,30-31H,21-22H2,1-2H3. The third-order valence-corrected chi connectivity index (χ3v) is 10.9. The van der Waals surface area contributed by atoms with E-state index in [0.29, 0.717) is 22.6 Å². The quantitative estimate of drug-likeness (QED) is 0.210. The monoisotopic (exact) mass is 578 g/mol. The Morgan fingerprint density at radius 1 is 0.550 bits per heavy atom. The van der Waals surface area contributed by atoms with Crippen molar-refractivity contribution in [2.45, 2.75) is 33.1 Å². The van der Waals surface area contributed by atoms with Crippen LogP contribution in [0.4, 0.5) is 0 Å². The Hall–Kier alpha value is -3.95. The molecule has 0 radical (unpaired) electrons. The van der Waals surface area contributed by atoms with Gasteiger partial charge in [0.2, 0.25) is 0 Å². The number of ether oxygens (including phenoxy) is 2. The van der Waals surface area contributed by atoms with Crippen molar-refractivity contribution in [3.8, 4) is 11.5 Å². The molecule has 9 heteroatoms. The molecule has 7 nitrogen and oxygen atoms in total. The maximum atomic E-state index is 13.8. The van der Waals surface area contributed by atoms with Crippen molar-refractivity contribution in [2.24, 2.45) is 0 Å². The SMILES string of the molecule is COc1ccc(C(CC(=O)CC(c2ccc(OC)cc2)S(=O)(=O)c2ccccc2)S(=O)(=O)c2ccccc2)cc1. The van der Waals surface area contributed by atoms with Gasteiger partial charge in [-0.2, -0.15) is 0 Å². The second-order valence-corrected chi connectivity index (χ2v) is 13.4. The molecule has 0 saturated heterocycles. The first kappa shape index (κ1) is 29.0. The van der Waals surface area contributed by atoms with E-state index >= 15 is 0 Å². The summed E-state index contributed by atoms with van der Waals surface area (Å²) in [5.41, 5.74) is 0.815. The van der Waals surface area contributed by atoms with Gasteiger partial charge in [0.1, 0.15) is 17.3 Å². The van der Waals surface area contributed by atoms with Crippen molar-refractivity contribution in [3.63, 3.8) is 0 Å². The second kappa shape index (κ2) is 12.5. The van der Waals surface area contributed by atoms with E-state index in [4.69, 9.17) is 9.47 Å². The highest BCUT2D eigenvalue weighted by molar-refractivity contribution is 7.92. The molecule has 0 spiro atoms. The molecule has 2 atom stereocenters.